The van der Waals surface area contributed by atoms with Crippen molar-refractivity contribution in [1.82, 2.24) is 0 Å². The second-order valence-corrected chi connectivity index (χ2v) is 4.42. The maximum absolute atomic E-state index is 12.0. The number of anilines is 1. The van der Waals surface area contributed by atoms with E-state index in [-0.39, 0.29) is 17.8 Å². The normalized spacial score (nSPS) is 21.8. The summed E-state index contributed by atoms with van der Waals surface area (Å²) in [6.45, 7) is 3.26. The van der Waals surface area contributed by atoms with Crippen LogP contribution in [0, 0.1) is 5.92 Å². The fourth-order valence-electron chi connectivity index (χ4n) is 2.22. The van der Waals surface area contributed by atoms with Crippen LogP contribution in [0.15, 0.2) is 24.3 Å². The highest BCUT2D eigenvalue weighted by molar-refractivity contribution is 6.02. The van der Waals surface area contributed by atoms with Crippen LogP contribution in [-0.4, -0.2) is 25.2 Å². The molecule has 1 aliphatic rings. The van der Waals surface area contributed by atoms with Gasteiger partial charge < -0.3 is 9.47 Å². The van der Waals surface area contributed by atoms with E-state index in [1.165, 1.54) is 11.8 Å². The van der Waals surface area contributed by atoms with Gasteiger partial charge in [0.15, 0.2) is 6.23 Å². The number of nitrogens with zero attached hydrogens (tertiary/aromatic N) is 1. The zero-order chi connectivity index (χ0) is 14.0. The Morgan fingerprint density at radius 1 is 1.32 bits per heavy atom. The summed E-state index contributed by atoms with van der Waals surface area (Å²) in [5.74, 6) is 0.0761. The predicted molar refractivity (Wildman–Crippen MR) is 69.8 cm³/mol. The monoisotopic (exact) mass is 263 g/mol. The van der Waals surface area contributed by atoms with Gasteiger partial charge in [0.1, 0.15) is 5.75 Å². The van der Waals surface area contributed by atoms with E-state index in [0.29, 0.717) is 17.9 Å². The van der Waals surface area contributed by atoms with Crippen LogP contribution in [0.2, 0.25) is 0 Å². The Morgan fingerprint density at radius 3 is 2.42 bits per heavy atom. The van der Waals surface area contributed by atoms with E-state index in [1.807, 2.05) is 6.92 Å². The van der Waals surface area contributed by atoms with Gasteiger partial charge in [-0.2, -0.15) is 0 Å². The van der Waals surface area contributed by atoms with Crippen molar-refractivity contribution in [1.29, 1.82) is 0 Å². The Hall–Kier alpha value is -2.04. The van der Waals surface area contributed by atoms with Crippen molar-refractivity contribution in [3.05, 3.63) is 24.3 Å². The van der Waals surface area contributed by atoms with Gasteiger partial charge in [-0.3, -0.25) is 14.5 Å². The molecule has 1 saturated heterocycles. The molecule has 0 aromatic heterocycles. The molecule has 1 fully saturated rings. The molecule has 0 aliphatic carbocycles. The Kier molecular flexibility index (Phi) is 3.74. The summed E-state index contributed by atoms with van der Waals surface area (Å²) in [6.07, 6.45) is 0.159. The van der Waals surface area contributed by atoms with E-state index >= 15 is 0 Å². The van der Waals surface area contributed by atoms with Gasteiger partial charge in [-0.15, -0.1) is 0 Å². The third kappa shape index (κ3) is 2.41. The zero-order valence-electron chi connectivity index (χ0n) is 11.3. The van der Waals surface area contributed by atoms with Crippen molar-refractivity contribution >= 4 is 17.6 Å². The van der Waals surface area contributed by atoms with E-state index in [0.717, 1.165) is 0 Å². The molecule has 1 aliphatic heterocycles. The molecule has 0 saturated carbocycles. The van der Waals surface area contributed by atoms with Crippen LogP contribution >= 0.6 is 0 Å². The average Bonchev–Trinajstić information content (AvgIpc) is 2.39. The third-order valence-electron chi connectivity index (χ3n) is 3.23. The van der Waals surface area contributed by atoms with E-state index in [9.17, 15) is 9.59 Å². The quantitative estimate of drug-likeness (QED) is 0.615. The molecule has 0 spiro atoms. The molecule has 1 amide bonds. The molecular weight excluding hydrogens is 246 g/mol. The lowest BCUT2D eigenvalue weighted by atomic mass is 9.92. The smallest absolute Gasteiger partial charge is 0.304 e. The molecule has 1 aromatic carbocycles. The Bertz CT molecular complexity index is 483. The van der Waals surface area contributed by atoms with Gasteiger partial charge >= 0.3 is 5.97 Å². The minimum absolute atomic E-state index is 0.0149. The first-order valence-corrected chi connectivity index (χ1v) is 6.22. The molecule has 5 heteroatoms. The fraction of sp³-hybridized carbons (Fsp3) is 0.429. The number of carbonyl (C=O) groups excluding carboxylic acids is 2. The maximum Gasteiger partial charge on any atom is 0.304 e. The summed E-state index contributed by atoms with van der Waals surface area (Å²) in [6, 6.07) is 7.09. The van der Waals surface area contributed by atoms with Crippen molar-refractivity contribution < 1.29 is 19.1 Å². The molecule has 2 rings (SSSR count). The lowest BCUT2D eigenvalue weighted by molar-refractivity contribution is -0.161. The van der Waals surface area contributed by atoms with Crippen LogP contribution < -0.4 is 9.64 Å². The topological polar surface area (TPSA) is 55.8 Å². The predicted octanol–water partition coefficient (Wildman–Crippen LogP) is 1.96. The highest BCUT2D eigenvalue weighted by Crippen LogP contribution is 2.35. The van der Waals surface area contributed by atoms with Crippen LogP contribution in [0.1, 0.15) is 20.3 Å². The highest BCUT2D eigenvalue weighted by atomic mass is 16.6. The second kappa shape index (κ2) is 5.30. The summed E-state index contributed by atoms with van der Waals surface area (Å²) in [4.78, 5) is 24.7. The number of esters is 1. The highest BCUT2D eigenvalue weighted by Gasteiger charge is 2.49. The largest absolute Gasteiger partial charge is 0.497 e. The van der Waals surface area contributed by atoms with E-state index in [4.69, 9.17) is 9.47 Å². The zero-order valence-corrected chi connectivity index (χ0v) is 11.3. The van der Waals surface area contributed by atoms with Gasteiger partial charge in [0.2, 0.25) is 5.91 Å². The molecular formula is C14H17NO4. The first-order valence-electron chi connectivity index (χ1n) is 6.22. The second-order valence-electron chi connectivity index (χ2n) is 4.42. The number of hydrogen-bond acceptors (Lipinski definition) is 4. The average molecular weight is 263 g/mol. The van der Waals surface area contributed by atoms with Crippen LogP contribution in [-0.2, 0) is 14.3 Å². The molecule has 19 heavy (non-hydrogen) atoms. The summed E-state index contributed by atoms with van der Waals surface area (Å²) < 4.78 is 10.3. The Balaban J connectivity index is 2.21. The van der Waals surface area contributed by atoms with Crippen LogP contribution in [0.4, 0.5) is 5.69 Å². The molecule has 1 heterocycles. The SMILES string of the molecule is CC[C@@H]1C(=O)N(c2ccc(OC)cc2)[C@@H]1OC(C)=O. The number of carbonyl (C=O) groups is 2. The Labute approximate surface area is 112 Å². The van der Waals surface area contributed by atoms with Gasteiger partial charge in [-0.25, -0.2) is 0 Å². The van der Waals surface area contributed by atoms with Gasteiger partial charge in [0, 0.05) is 12.6 Å². The van der Waals surface area contributed by atoms with Crippen molar-refractivity contribution in [2.45, 2.75) is 26.5 Å². The third-order valence-corrected chi connectivity index (χ3v) is 3.23. The summed E-state index contributed by atoms with van der Waals surface area (Å²) in [7, 11) is 1.58. The molecule has 0 bridgehead atoms. The first kappa shape index (κ1) is 13.4. The maximum atomic E-state index is 12.0. The van der Waals surface area contributed by atoms with Crippen molar-refractivity contribution in [3.8, 4) is 5.75 Å². The lowest BCUT2D eigenvalue weighted by Crippen LogP contribution is -2.62. The Morgan fingerprint density at radius 2 is 1.95 bits per heavy atom. The molecule has 2 atom stereocenters. The lowest BCUT2D eigenvalue weighted by Gasteiger charge is -2.45. The number of amides is 1. The number of benzene rings is 1. The first-order chi connectivity index (χ1) is 9.08. The standard InChI is InChI=1S/C14H17NO4/c1-4-12-13(17)15(14(12)19-9(2)16)10-5-7-11(18-3)8-6-10/h5-8,12,14H,4H2,1-3H3/t12-,14-/m1/s1. The molecule has 0 radical (unpaired) electrons. The summed E-state index contributed by atoms with van der Waals surface area (Å²) in [5, 5.41) is 0. The van der Waals surface area contributed by atoms with Gasteiger partial charge in [0.25, 0.3) is 0 Å². The number of ether oxygens (including phenoxy) is 2. The van der Waals surface area contributed by atoms with Gasteiger partial charge in [-0.1, -0.05) is 6.92 Å². The number of rotatable bonds is 4. The van der Waals surface area contributed by atoms with Crippen LogP contribution in [0.25, 0.3) is 0 Å². The molecule has 0 unspecified atom stereocenters. The van der Waals surface area contributed by atoms with Gasteiger partial charge in [-0.05, 0) is 30.7 Å². The summed E-state index contributed by atoms with van der Waals surface area (Å²) >= 11 is 0. The minimum Gasteiger partial charge on any atom is -0.497 e. The summed E-state index contributed by atoms with van der Waals surface area (Å²) in [5.41, 5.74) is 0.710. The molecule has 1 aromatic rings. The molecule has 5 nitrogen and oxygen atoms in total. The van der Waals surface area contributed by atoms with Crippen molar-refractivity contribution in [2.75, 3.05) is 12.0 Å². The molecule has 102 valence electrons. The van der Waals surface area contributed by atoms with Crippen LogP contribution in [0.5, 0.6) is 5.75 Å². The van der Waals surface area contributed by atoms with Crippen LogP contribution in [0.3, 0.4) is 0 Å². The minimum atomic E-state index is -0.497. The van der Waals surface area contributed by atoms with E-state index < -0.39 is 6.23 Å². The van der Waals surface area contributed by atoms with Crippen molar-refractivity contribution in [2.24, 2.45) is 5.92 Å². The molecule has 0 N–H and O–H groups in total. The van der Waals surface area contributed by atoms with Gasteiger partial charge in [0.05, 0.1) is 13.0 Å². The van der Waals surface area contributed by atoms with E-state index in [2.05, 4.69) is 0 Å². The number of methoxy groups -OCH3 is 1. The fourth-order valence-corrected chi connectivity index (χ4v) is 2.22. The number of hydrogen-bond donors (Lipinski definition) is 0. The van der Waals surface area contributed by atoms with Crippen molar-refractivity contribution in [3.63, 3.8) is 0 Å². The van der Waals surface area contributed by atoms with E-state index in [1.54, 1.807) is 31.4 Å². The number of β-lactam (4-membered cyclic amide) rings is 1.